The number of nitrogens with one attached hydrogen (secondary N) is 1. The van der Waals surface area contributed by atoms with Crippen molar-refractivity contribution in [2.75, 3.05) is 11.1 Å². The van der Waals surface area contributed by atoms with Gasteiger partial charge in [0.15, 0.2) is 0 Å². The zero-order valence-corrected chi connectivity index (χ0v) is 8.94. The van der Waals surface area contributed by atoms with Crippen molar-refractivity contribution in [2.45, 2.75) is 6.54 Å². The predicted molar refractivity (Wildman–Crippen MR) is 61.3 cm³/mol. The van der Waals surface area contributed by atoms with E-state index < -0.39 is 0 Å². The van der Waals surface area contributed by atoms with Crippen LogP contribution in [-0.4, -0.2) is 9.78 Å². The summed E-state index contributed by atoms with van der Waals surface area (Å²) >= 11 is 0. The number of nitrogens with two attached hydrogens (primary N) is 1. The van der Waals surface area contributed by atoms with Gasteiger partial charge in [-0.3, -0.25) is 4.68 Å². The van der Waals surface area contributed by atoms with Crippen LogP contribution in [0.4, 0.5) is 15.8 Å². The van der Waals surface area contributed by atoms with Gasteiger partial charge in [0.1, 0.15) is 5.82 Å². The zero-order valence-electron chi connectivity index (χ0n) is 8.94. The van der Waals surface area contributed by atoms with Gasteiger partial charge in [0.2, 0.25) is 0 Å². The van der Waals surface area contributed by atoms with Gasteiger partial charge in [0, 0.05) is 13.2 Å². The summed E-state index contributed by atoms with van der Waals surface area (Å²) < 4.78 is 14.6. The van der Waals surface area contributed by atoms with Crippen LogP contribution in [0.1, 0.15) is 5.69 Å². The number of nitrogen functional groups attached to an aromatic ring is 1. The third-order valence-corrected chi connectivity index (χ3v) is 2.40. The summed E-state index contributed by atoms with van der Waals surface area (Å²) in [6.45, 7) is 0.604. The van der Waals surface area contributed by atoms with Crippen LogP contribution >= 0.6 is 0 Å². The molecule has 0 amide bonds. The minimum atomic E-state index is -0.330. The number of hydrogen-bond acceptors (Lipinski definition) is 3. The lowest BCUT2D eigenvalue weighted by molar-refractivity contribution is 0.628. The second-order valence-corrected chi connectivity index (χ2v) is 3.53. The third kappa shape index (κ3) is 2.13. The van der Waals surface area contributed by atoms with Gasteiger partial charge in [0.05, 0.1) is 23.6 Å². The van der Waals surface area contributed by atoms with Crippen LogP contribution in [0.3, 0.4) is 0 Å². The maximum atomic E-state index is 12.8. The van der Waals surface area contributed by atoms with E-state index in [1.165, 1.54) is 12.1 Å². The number of aromatic nitrogens is 2. The molecule has 16 heavy (non-hydrogen) atoms. The normalized spacial score (nSPS) is 10.4. The van der Waals surface area contributed by atoms with Gasteiger partial charge in [-0.1, -0.05) is 0 Å². The molecule has 0 unspecified atom stereocenters. The molecule has 2 aromatic rings. The number of benzene rings is 1. The van der Waals surface area contributed by atoms with Crippen molar-refractivity contribution in [1.29, 1.82) is 0 Å². The molecule has 0 fully saturated rings. The Morgan fingerprint density at radius 2 is 2.25 bits per heavy atom. The third-order valence-electron chi connectivity index (χ3n) is 2.40. The summed E-state index contributed by atoms with van der Waals surface area (Å²) in [7, 11) is 1.87. The molecule has 0 atom stereocenters. The maximum Gasteiger partial charge on any atom is 0.125 e. The van der Waals surface area contributed by atoms with Crippen LogP contribution in [0.25, 0.3) is 0 Å². The molecule has 0 aliphatic carbocycles. The van der Waals surface area contributed by atoms with E-state index >= 15 is 0 Å². The fourth-order valence-electron chi connectivity index (χ4n) is 1.46. The Kier molecular flexibility index (Phi) is 2.76. The van der Waals surface area contributed by atoms with Crippen LogP contribution in [0.15, 0.2) is 30.5 Å². The van der Waals surface area contributed by atoms with Gasteiger partial charge in [-0.2, -0.15) is 5.10 Å². The quantitative estimate of drug-likeness (QED) is 0.775. The summed E-state index contributed by atoms with van der Waals surface area (Å²) in [6.07, 6.45) is 1.73. The van der Waals surface area contributed by atoms with Gasteiger partial charge in [-0.15, -0.1) is 0 Å². The van der Waals surface area contributed by atoms with Gasteiger partial charge >= 0.3 is 0 Å². The van der Waals surface area contributed by atoms with E-state index in [0.717, 1.165) is 11.4 Å². The number of anilines is 2. The Balaban J connectivity index is 2.08. The fourth-order valence-corrected chi connectivity index (χ4v) is 1.46. The second-order valence-electron chi connectivity index (χ2n) is 3.53. The van der Waals surface area contributed by atoms with E-state index in [-0.39, 0.29) is 5.82 Å². The van der Waals surface area contributed by atoms with Gasteiger partial charge in [-0.05, 0) is 24.3 Å². The average molecular weight is 220 g/mol. The van der Waals surface area contributed by atoms with Crippen molar-refractivity contribution >= 4 is 11.4 Å². The summed E-state index contributed by atoms with van der Waals surface area (Å²) in [5.74, 6) is -0.330. The van der Waals surface area contributed by atoms with E-state index in [1.807, 2.05) is 13.1 Å². The molecule has 0 radical (unpaired) electrons. The Morgan fingerprint density at radius 1 is 1.44 bits per heavy atom. The minimum Gasteiger partial charge on any atom is -0.397 e. The van der Waals surface area contributed by atoms with Gasteiger partial charge in [0.25, 0.3) is 0 Å². The first kappa shape index (κ1) is 10.5. The van der Waals surface area contributed by atoms with Crippen molar-refractivity contribution in [1.82, 2.24) is 9.78 Å². The molecule has 1 aromatic carbocycles. The Morgan fingerprint density at radius 3 is 2.88 bits per heavy atom. The van der Waals surface area contributed by atoms with E-state index in [0.29, 0.717) is 12.2 Å². The summed E-state index contributed by atoms with van der Waals surface area (Å²) in [6, 6.07) is 6.21. The Labute approximate surface area is 92.9 Å². The molecular weight excluding hydrogens is 207 g/mol. The largest absolute Gasteiger partial charge is 0.397 e. The molecule has 3 N–H and O–H groups in total. The standard InChI is InChI=1S/C11H13FN4/c1-16-9(4-5-15-16)7-14-11-3-2-8(12)6-10(11)13/h2-6,14H,7,13H2,1H3. The van der Waals surface area contributed by atoms with E-state index in [1.54, 1.807) is 16.9 Å². The fraction of sp³-hybridized carbons (Fsp3) is 0.182. The number of aryl methyl sites for hydroxylation is 1. The molecule has 0 saturated heterocycles. The average Bonchev–Trinajstić information content (AvgIpc) is 2.63. The minimum absolute atomic E-state index is 0.330. The highest BCUT2D eigenvalue weighted by Gasteiger charge is 2.02. The number of nitrogens with zero attached hydrogens (tertiary/aromatic N) is 2. The van der Waals surface area contributed by atoms with Crippen LogP contribution in [0, 0.1) is 5.82 Å². The highest BCUT2D eigenvalue weighted by molar-refractivity contribution is 5.65. The Hall–Kier alpha value is -2.04. The molecule has 2 rings (SSSR count). The predicted octanol–water partition coefficient (Wildman–Crippen LogP) is 1.75. The van der Waals surface area contributed by atoms with Gasteiger partial charge < -0.3 is 11.1 Å². The molecule has 0 aliphatic heterocycles. The number of halogens is 1. The van der Waals surface area contributed by atoms with Crippen molar-refractivity contribution in [3.63, 3.8) is 0 Å². The highest BCUT2D eigenvalue weighted by Crippen LogP contribution is 2.19. The maximum absolute atomic E-state index is 12.8. The van der Waals surface area contributed by atoms with Crippen LogP contribution in [0.5, 0.6) is 0 Å². The van der Waals surface area contributed by atoms with Crippen molar-refractivity contribution < 1.29 is 4.39 Å². The molecule has 5 heteroatoms. The Bertz CT molecular complexity index is 492. The molecule has 4 nitrogen and oxygen atoms in total. The van der Waals surface area contributed by atoms with E-state index in [2.05, 4.69) is 10.4 Å². The lowest BCUT2D eigenvalue weighted by atomic mass is 10.2. The first-order valence-electron chi connectivity index (χ1n) is 4.92. The molecule has 0 aliphatic rings. The SMILES string of the molecule is Cn1nccc1CNc1ccc(F)cc1N. The lowest BCUT2D eigenvalue weighted by Crippen LogP contribution is -2.07. The summed E-state index contributed by atoms with van der Waals surface area (Å²) in [5.41, 5.74) is 7.83. The van der Waals surface area contributed by atoms with E-state index in [4.69, 9.17) is 5.73 Å². The molecular formula is C11H13FN4. The first-order chi connectivity index (χ1) is 7.66. The van der Waals surface area contributed by atoms with Crippen molar-refractivity contribution in [2.24, 2.45) is 7.05 Å². The highest BCUT2D eigenvalue weighted by atomic mass is 19.1. The first-order valence-corrected chi connectivity index (χ1v) is 4.92. The van der Waals surface area contributed by atoms with Crippen LogP contribution in [0.2, 0.25) is 0 Å². The zero-order chi connectivity index (χ0) is 11.5. The van der Waals surface area contributed by atoms with Crippen LogP contribution < -0.4 is 11.1 Å². The second kappa shape index (κ2) is 4.22. The molecule has 1 aromatic heterocycles. The summed E-state index contributed by atoms with van der Waals surface area (Å²) in [5, 5.41) is 7.18. The smallest absolute Gasteiger partial charge is 0.125 e. The van der Waals surface area contributed by atoms with Crippen molar-refractivity contribution in [3.05, 3.63) is 42.0 Å². The topological polar surface area (TPSA) is 55.9 Å². The molecule has 84 valence electrons. The molecule has 0 saturated carbocycles. The number of rotatable bonds is 3. The number of hydrogen-bond donors (Lipinski definition) is 2. The molecule has 0 spiro atoms. The van der Waals surface area contributed by atoms with Crippen LogP contribution in [-0.2, 0) is 13.6 Å². The van der Waals surface area contributed by atoms with Crippen molar-refractivity contribution in [3.8, 4) is 0 Å². The summed E-state index contributed by atoms with van der Waals surface area (Å²) in [4.78, 5) is 0. The van der Waals surface area contributed by atoms with E-state index in [9.17, 15) is 4.39 Å². The monoisotopic (exact) mass is 220 g/mol. The van der Waals surface area contributed by atoms with Gasteiger partial charge in [-0.25, -0.2) is 4.39 Å². The molecule has 1 heterocycles. The lowest BCUT2D eigenvalue weighted by Gasteiger charge is -2.09. The molecule has 0 bridgehead atoms.